The lowest BCUT2D eigenvalue weighted by atomic mass is 10.2. The van der Waals surface area contributed by atoms with Crippen LogP contribution in [0.5, 0.6) is 0 Å². The summed E-state index contributed by atoms with van der Waals surface area (Å²) in [5.74, 6) is -0.0210. The normalized spacial score (nSPS) is 10.8. The first kappa shape index (κ1) is 14.9. The molecule has 8 heteroatoms. The maximum Gasteiger partial charge on any atom is 0.291 e. The number of hydrogen-bond donors (Lipinski definition) is 2. The molecular formula is C13H19N7O. The SMILES string of the molecule is CN(C)CCN(Cc1cccnc1)C(=O)c1nc(N)n[nH]1. The smallest absolute Gasteiger partial charge is 0.291 e. The Morgan fingerprint density at radius 1 is 1.38 bits per heavy atom. The minimum atomic E-state index is -0.232. The lowest BCUT2D eigenvalue weighted by Crippen LogP contribution is -2.36. The Labute approximate surface area is 123 Å². The van der Waals surface area contributed by atoms with Crippen molar-refractivity contribution in [3.05, 3.63) is 35.9 Å². The third-order valence-electron chi connectivity index (χ3n) is 2.91. The highest BCUT2D eigenvalue weighted by Gasteiger charge is 2.19. The molecule has 0 aromatic carbocycles. The molecule has 3 N–H and O–H groups in total. The molecule has 8 nitrogen and oxygen atoms in total. The summed E-state index contributed by atoms with van der Waals surface area (Å²) in [6.45, 7) is 1.78. The number of carbonyl (C=O) groups excluding carboxylic acids is 1. The zero-order chi connectivity index (χ0) is 15.2. The van der Waals surface area contributed by atoms with Crippen molar-refractivity contribution in [2.24, 2.45) is 0 Å². The van der Waals surface area contributed by atoms with Crippen LogP contribution in [0, 0.1) is 0 Å². The number of rotatable bonds is 6. The highest BCUT2D eigenvalue weighted by atomic mass is 16.2. The van der Waals surface area contributed by atoms with Gasteiger partial charge in [0.25, 0.3) is 5.91 Å². The van der Waals surface area contributed by atoms with Crippen LogP contribution in [0.1, 0.15) is 16.2 Å². The standard InChI is InChI=1S/C13H19N7O/c1-19(2)6-7-20(9-10-4-3-5-15-8-10)12(21)11-16-13(14)18-17-11/h3-5,8H,6-7,9H2,1-2H3,(H3,14,16,17,18). The maximum absolute atomic E-state index is 12.5. The van der Waals surface area contributed by atoms with Gasteiger partial charge < -0.3 is 15.5 Å². The number of likely N-dealkylation sites (N-methyl/N-ethyl adjacent to an activating group) is 1. The molecule has 2 heterocycles. The fraction of sp³-hybridized carbons (Fsp3) is 0.385. The molecule has 0 saturated carbocycles. The fourth-order valence-electron chi connectivity index (χ4n) is 1.81. The number of nitrogens with zero attached hydrogens (tertiary/aromatic N) is 5. The molecule has 112 valence electrons. The van der Waals surface area contributed by atoms with Crippen LogP contribution in [-0.4, -0.2) is 63.1 Å². The Morgan fingerprint density at radius 3 is 2.76 bits per heavy atom. The molecule has 0 atom stereocenters. The number of nitrogens with two attached hydrogens (primary N) is 1. The van der Waals surface area contributed by atoms with Crippen molar-refractivity contribution in [3.8, 4) is 0 Å². The first-order valence-corrected chi connectivity index (χ1v) is 6.57. The van der Waals surface area contributed by atoms with Gasteiger partial charge in [-0.15, -0.1) is 5.10 Å². The number of hydrogen-bond acceptors (Lipinski definition) is 6. The van der Waals surface area contributed by atoms with E-state index < -0.39 is 0 Å². The Kier molecular flexibility index (Phi) is 4.83. The van der Waals surface area contributed by atoms with E-state index in [1.54, 1.807) is 17.3 Å². The first-order chi connectivity index (χ1) is 10.1. The molecule has 0 aliphatic rings. The molecule has 0 radical (unpaired) electrons. The second-order valence-electron chi connectivity index (χ2n) is 4.93. The monoisotopic (exact) mass is 289 g/mol. The summed E-state index contributed by atoms with van der Waals surface area (Å²) >= 11 is 0. The van der Waals surface area contributed by atoms with Crippen LogP contribution >= 0.6 is 0 Å². The topological polar surface area (TPSA) is 104 Å². The van der Waals surface area contributed by atoms with Gasteiger partial charge in [0.2, 0.25) is 11.8 Å². The predicted molar refractivity (Wildman–Crippen MR) is 78.3 cm³/mol. The van der Waals surface area contributed by atoms with E-state index in [0.29, 0.717) is 13.1 Å². The molecule has 0 unspecified atom stereocenters. The van der Waals surface area contributed by atoms with Gasteiger partial charge in [0.05, 0.1) is 0 Å². The largest absolute Gasteiger partial charge is 0.366 e. The minimum absolute atomic E-state index is 0.0623. The summed E-state index contributed by atoms with van der Waals surface area (Å²) < 4.78 is 0. The van der Waals surface area contributed by atoms with Gasteiger partial charge in [0, 0.05) is 32.0 Å². The Bertz CT molecular complexity index is 581. The van der Waals surface area contributed by atoms with Crippen LogP contribution in [0.3, 0.4) is 0 Å². The van der Waals surface area contributed by atoms with Gasteiger partial charge in [0.15, 0.2) is 0 Å². The number of anilines is 1. The van der Waals surface area contributed by atoms with E-state index in [-0.39, 0.29) is 17.7 Å². The van der Waals surface area contributed by atoms with Gasteiger partial charge in [-0.05, 0) is 25.7 Å². The van der Waals surface area contributed by atoms with E-state index >= 15 is 0 Å². The van der Waals surface area contributed by atoms with Crippen molar-refractivity contribution < 1.29 is 4.79 Å². The zero-order valence-corrected chi connectivity index (χ0v) is 12.2. The quantitative estimate of drug-likeness (QED) is 0.775. The third kappa shape index (κ3) is 4.25. The molecule has 2 rings (SSSR count). The van der Waals surface area contributed by atoms with Crippen molar-refractivity contribution in [1.29, 1.82) is 0 Å². The summed E-state index contributed by atoms with van der Waals surface area (Å²) in [7, 11) is 3.92. The molecule has 0 bridgehead atoms. The van der Waals surface area contributed by atoms with E-state index in [9.17, 15) is 4.79 Å². The molecule has 0 fully saturated rings. The summed E-state index contributed by atoms with van der Waals surface area (Å²) in [4.78, 5) is 24.1. The van der Waals surface area contributed by atoms with Crippen molar-refractivity contribution >= 4 is 11.9 Å². The molecule has 0 aliphatic carbocycles. The predicted octanol–water partition coefficient (Wildman–Crippen LogP) is -0.0141. The zero-order valence-electron chi connectivity index (χ0n) is 12.2. The van der Waals surface area contributed by atoms with Crippen molar-refractivity contribution in [3.63, 3.8) is 0 Å². The number of carbonyl (C=O) groups is 1. The van der Waals surface area contributed by atoms with E-state index in [4.69, 9.17) is 5.73 Å². The van der Waals surface area contributed by atoms with Crippen molar-refractivity contribution in [1.82, 2.24) is 30.0 Å². The van der Waals surface area contributed by atoms with E-state index in [1.807, 2.05) is 31.1 Å². The van der Waals surface area contributed by atoms with Crippen LogP contribution in [0.15, 0.2) is 24.5 Å². The fourth-order valence-corrected chi connectivity index (χ4v) is 1.81. The van der Waals surface area contributed by atoms with Gasteiger partial charge in [-0.25, -0.2) is 0 Å². The number of pyridine rings is 1. The molecule has 2 aromatic heterocycles. The van der Waals surface area contributed by atoms with E-state index in [2.05, 4.69) is 20.2 Å². The number of aromatic nitrogens is 4. The summed E-state index contributed by atoms with van der Waals surface area (Å²) in [5, 5.41) is 6.25. The number of aromatic amines is 1. The first-order valence-electron chi connectivity index (χ1n) is 6.57. The van der Waals surface area contributed by atoms with Crippen LogP contribution in [0.25, 0.3) is 0 Å². The van der Waals surface area contributed by atoms with Crippen LogP contribution < -0.4 is 5.73 Å². The molecule has 0 aliphatic heterocycles. The number of amides is 1. The van der Waals surface area contributed by atoms with E-state index in [0.717, 1.165) is 12.1 Å². The lowest BCUT2D eigenvalue weighted by molar-refractivity contribution is 0.0720. The molecule has 0 saturated heterocycles. The molecular weight excluding hydrogens is 270 g/mol. The van der Waals surface area contributed by atoms with E-state index in [1.165, 1.54) is 0 Å². The number of H-pyrrole nitrogens is 1. The minimum Gasteiger partial charge on any atom is -0.366 e. The summed E-state index contributed by atoms with van der Waals surface area (Å²) in [5.41, 5.74) is 6.40. The molecule has 2 aromatic rings. The van der Waals surface area contributed by atoms with Gasteiger partial charge in [0.1, 0.15) is 0 Å². The average molecular weight is 289 g/mol. The Balaban J connectivity index is 2.13. The average Bonchev–Trinajstić information content (AvgIpc) is 2.90. The second-order valence-corrected chi connectivity index (χ2v) is 4.93. The number of nitrogen functional groups attached to an aromatic ring is 1. The van der Waals surface area contributed by atoms with Gasteiger partial charge in [-0.2, -0.15) is 4.98 Å². The van der Waals surface area contributed by atoms with Gasteiger partial charge in [-0.3, -0.25) is 14.9 Å². The highest BCUT2D eigenvalue weighted by Crippen LogP contribution is 2.07. The van der Waals surface area contributed by atoms with Crippen molar-refractivity contribution in [2.45, 2.75) is 6.54 Å². The third-order valence-corrected chi connectivity index (χ3v) is 2.91. The maximum atomic E-state index is 12.5. The lowest BCUT2D eigenvalue weighted by Gasteiger charge is -2.23. The number of nitrogens with one attached hydrogen (secondary N) is 1. The van der Waals surface area contributed by atoms with Gasteiger partial charge in [-0.1, -0.05) is 6.07 Å². The van der Waals surface area contributed by atoms with Crippen molar-refractivity contribution in [2.75, 3.05) is 32.9 Å². The van der Waals surface area contributed by atoms with Gasteiger partial charge >= 0.3 is 0 Å². The summed E-state index contributed by atoms with van der Waals surface area (Å²) in [6.07, 6.45) is 3.44. The highest BCUT2D eigenvalue weighted by molar-refractivity contribution is 5.90. The molecule has 21 heavy (non-hydrogen) atoms. The molecule has 1 amide bonds. The van der Waals surface area contributed by atoms with Crippen LogP contribution in [0.4, 0.5) is 5.95 Å². The van der Waals surface area contributed by atoms with Crippen LogP contribution in [0.2, 0.25) is 0 Å². The Hall–Kier alpha value is -2.48. The Morgan fingerprint density at radius 2 is 2.19 bits per heavy atom. The molecule has 0 spiro atoms. The van der Waals surface area contributed by atoms with Crippen LogP contribution in [-0.2, 0) is 6.54 Å². The summed E-state index contributed by atoms with van der Waals surface area (Å²) in [6, 6.07) is 3.77. The second kappa shape index (κ2) is 6.80.